The third-order valence-corrected chi connectivity index (χ3v) is 7.80. The van der Waals surface area contributed by atoms with Crippen LogP contribution >= 0.6 is 0 Å². The molecule has 4 rings (SSSR count). The van der Waals surface area contributed by atoms with Crippen molar-refractivity contribution in [3.63, 3.8) is 0 Å². The number of carbonyl (C=O) groups excluding carboxylic acids is 2. The number of hydrazone groups is 2. The number of hydrogen-bond acceptors (Lipinski definition) is 4. The topological polar surface area (TPSA) is 82.9 Å². The average Bonchev–Trinajstić information content (AvgIpc) is 3.49. The maximum absolute atomic E-state index is 11.9. The van der Waals surface area contributed by atoms with Gasteiger partial charge in [0.25, 0.3) is 0 Å². The molecule has 0 aromatic carbocycles. The van der Waals surface area contributed by atoms with Crippen molar-refractivity contribution in [3.8, 4) is 0 Å². The largest absolute Gasteiger partial charge is 0.273 e. The van der Waals surface area contributed by atoms with Crippen LogP contribution in [-0.2, 0) is 9.59 Å². The highest BCUT2D eigenvalue weighted by Crippen LogP contribution is 2.48. The number of nitrogens with one attached hydrogen (secondary N) is 2. The van der Waals surface area contributed by atoms with Crippen LogP contribution in [0.4, 0.5) is 0 Å². The van der Waals surface area contributed by atoms with E-state index in [0.717, 1.165) is 42.9 Å². The lowest BCUT2D eigenvalue weighted by atomic mass is 9.90. The van der Waals surface area contributed by atoms with E-state index in [1.165, 1.54) is 51.4 Å². The van der Waals surface area contributed by atoms with E-state index in [9.17, 15) is 9.59 Å². The first-order chi connectivity index (χ1) is 14.2. The van der Waals surface area contributed by atoms with E-state index >= 15 is 0 Å². The van der Waals surface area contributed by atoms with Crippen LogP contribution in [0.5, 0.6) is 0 Å². The fourth-order valence-corrected chi connectivity index (χ4v) is 6.22. The summed E-state index contributed by atoms with van der Waals surface area (Å²) >= 11 is 0. The number of amides is 2. The Morgan fingerprint density at radius 2 is 1.17 bits per heavy atom. The maximum Gasteiger partial charge on any atom is 0.240 e. The van der Waals surface area contributed by atoms with Gasteiger partial charge >= 0.3 is 0 Å². The van der Waals surface area contributed by atoms with Crippen LogP contribution in [0.2, 0.25) is 0 Å². The molecule has 2 N–H and O–H groups in total. The van der Waals surface area contributed by atoms with Gasteiger partial charge in [0.1, 0.15) is 0 Å². The fraction of sp³-hybridized carbons (Fsp3) is 0.826. The van der Waals surface area contributed by atoms with E-state index in [4.69, 9.17) is 0 Å². The Hall–Kier alpha value is -1.72. The molecule has 0 spiro atoms. The van der Waals surface area contributed by atoms with Gasteiger partial charge in [-0.3, -0.25) is 9.59 Å². The van der Waals surface area contributed by atoms with E-state index in [1.807, 2.05) is 12.4 Å². The predicted octanol–water partition coefficient (Wildman–Crippen LogP) is 4.01. The molecule has 4 bridgehead atoms. The summed E-state index contributed by atoms with van der Waals surface area (Å²) in [4.78, 5) is 23.7. The molecule has 6 atom stereocenters. The summed E-state index contributed by atoms with van der Waals surface area (Å²) in [5.74, 6) is 4.47. The first-order valence-electron chi connectivity index (χ1n) is 11.8. The minimum absolute atomic E-state index is 0.0238. The molecule has 0 aliphatic heterocycles. The second kappa shape index (κ2) is 9.86. The molecule has 6 nitrogen and oxygen atoms in total. The van der Waals surface area contributed by atoms with Gasteiger partial charge in [-0.15, -0.1) is 0 Å². The molecular weight excluding hydrogens is 364 g/mol. The van der Waals surface area contributed by atoms with Gasteiger partial charge in [0.2, 0.25) is 11.8 Å². The molecule has 4 aliphatic rings. The molecule has 0 heterocycles. The Morgan fingerprint density at radius 3 is 1.55 bits per heavy atom. The van der Waals surface area contributed by atoms with Crippen LogP contribution in [-0.4, -0.2) is 24.2 Å². The van der Waals surface area contributed by atoms with E-state index < -0.39 is 0 Å². The van der Waals surface area contributed by atoms with Crippen LogP contribution in [0.25, 0.3) is 0 Å². The second-order valence-corrected chi connectivity index (χ2v) is 9.86. The summed E-state index contributed by atoms with van der Waals surface area (Å²) in [6, 6.07) is 0. The number of unbranched alkanes of at least 4 members (excludes halogenated alkanes) is 2. The standard InChI is InChI=1S/C23H36N4O2/c28-22(26-24-14-20-12-16-6-8-18(20)10-16)4-2-1-3-5-23(29)27-25-15-21-13-17-7-9-19(21)11-17/h14-21H,1-13H2,(H,26,28)(H,27,29). The summed E-state index contributed by atoms with van der Waals surface area (Å²) in [5.41, 5.74) is 5.33. The quantitative estimate of drug-likeness (QED) is 0.330. The molecule has 6 heteroatoms. The minimum atomic E-state index is -0.0238. The summed E-state index contributed by atoms with van der Waals surface area (Å²) < 4.78 is 0. The predicted molar refractivity (Wildman–Crippen MR) is 114 cm³/mol. The molecule has 4 saturated carbocycles. The van der Waals surface area contributed by atoms with Crippen molar-refractivity contribution in [2.45, 2.75) is 83.5 Å². The number of carbonyl (C=O) groups is 2. The average molecular weight is 401 g/mol. The zero-order valence-corrected chi connectivity index (χ0v) is 17.5. The minimum Gasteiger partial charge on any atom is -0.273 e. The molecule has 0 saturated heterocycles. The Morgan fingerprint density at radius 1 is 0.690 bits per heavy atom. The van der Waals surface area contributed by atoms with Gasteiger partial charge < -0.3 is 0 Å². The SMILES string of the molecule is O=C(CCCCCC(=O)NN=CC1CC2CCC1C2)NN=CC1CC2CCC1C2. The molecule has 29 heavy (non-hydrogen) atoms. The Labute approximate surface area is 174 Å². The van der Waals surface area contributed by atoms with Crippen LogP contribution in [0.1, 0.15) is 83.5 Å². The molecule has 4 aliphatic carbocycles. The van der Waals surface area contributed by atoms with Crippen LogP contribution in [0, 0.1) is 35.5 Å². The smallest absolute Gasteiger partial charge is 0.240 e. The summed E-state index contributed by atoms with van der Waals surface area (Å²) in [7, 11) is 0. The molecular formula is C23H36N4O2. The Bertz CT molecular complexity index is 593. The normalized spacial score (nSPS) is 35.2. The fourth-order valence-electron chi connectivity index (χ4n) is 6.22. The Kier molecular flexibility index (Phi) is 6.98. The molecule has 2 amide bonds. The van der Waals surface area contributed by atoms with Crippen molar-refractivity contribution in [1.82, 2.24) is 10.9 Å². The Balaban J connectivity index is 0.998. The third kappa shape index (κ3) is 5.67. The molecule has 0 aromatic rings. The van der Waals surface area contributed by atoms with Crippen LogP contribution in [0.3, 0.4) is 0 Å². The van der Waals surface area contributed by atoms with Crippen LogP contribution < -0.4 is 10.9 Å². The van der Waals surface area contributed by atoms with Crippen molar-refractivity contribution < 1.29 is 9.59 Å². The summed E-state index contributed by atoms with van der Waals surface area (Å²) in [6.07, 6.45) is 17.9. The number of hydrogen-bond donors (Lipinski definition) is 2. The highest BCUT2D eigenvalue weighted by atomic mass is 16.2. The zero-order valence-electron chi connectivity index (χ0n) is 17.5. The lowest BCUT2D eigenvalue weighted by molar-refractivity contribution is -0.121. The number of fused-ring (bicyclic) bond motifs is 4. The first-order valence-corrected chi connectivity index (χ1v) is 11.8. The van der Waals surface area contributed by atoms with Crippen molar-refractivity contribution in [2.75, 3.05) is 0 Å². The summed E-state index contributed by atoms with van der Waals surface area (Å²) in [5, 5.41) is 8.35. The second-order valence-electron chi connectivity index (χ2n) is 9.86. The molecule has 0 radical (unpaired) electrons. The third-order valence-electron chi connectivity index (χ3n) is 7.80. The van der Waals surface area contributed by atoms with E-state index in [-0.39, 0.29) is 11.8 Å². The molecule has 4 fully saturated rings. The molecule has 6 unspecified atom stereocenters. The van der Waals surface area contributed by atoms with Crippen molar-refractivity contribution >= 4 is 24.2 Å². The monoisotopic (exact) mass is 400 g/mol. The first kappa shape index (κ1) is 20.5. The highest BCUT2D eigenvalue weighted by molar-refractivity contribution is 5.77. The van der Waals surface area contributed by atoms with Crippen molar-refractivity contribution in [3.05, 3.63) is 0 Å². The van der Waals surface area contributed by atoms with E-state index in [0.29, 0.717) is 24.7 Å². The lowest BCUT2D eigenvalue weighted by Gasteiger charge is -2.16. The maximum atomic E-state index is 11.9. The number of rotatable bonds is 10. The summed E-state index contributed by atoms with van der Waals surface area (Å²) in [6.45, 7) is 0. The number of nitrogens with zero attached hydrogens (tertiary/aromatic N) is 2. The van der Waals surface area contributed by atoms with Crippen molar-refractivity contribution in [2.24, 2.45) is 45.7 Å². The van der Waals surface area contributed by atoms with Crippen LogP contribution in [0.15, 0.2) is 10.2 Å². The van der Waals surface area contributed by atoms with Gasteiger partial charge in [-0.05, 0) is 86.9 Å². The molecule has 160 valence electrons. The van der Waals surface area contributed by atoms with Gasteiger partial charge in [-0.25, -0.2) is 10.9 Å². The van der Waals surface area contributed by atoms with Gasteiger partial charge in [-0.2, -0.15) is 10.2 Å². The lowest BCUT2D eigenvalue weighted by Crippen LogP contribution is -2.20. The van der Waals surface area contributed by atoms with E-state index in [1.54, 1.807) is 0 Å². The van der Waals surface area contributed by atoms with E-state index in [2.05, 4.69) is 21.1 Å². The van der Waals surface area contributed by atoms with Gasteiger partial charge in [0.05, 0.1) is 0 Å². The highest BCUT2D eigenvalue weighted by Gasteiger charge is 2.39. The van der Waals surface area contributed by atoms with Gasteiger partial charge in [0.15, 0.2) is 0 Å². The van der Waals surface area contributed by atoms with Crippen molar-refractivity contribution in [1.29, 1.82) is 0 Å². The van der Waals surface area contributed by atoms with Gasteiger partial charge in [0, 0.05) is 25.3 Å². The molecule has 0 aromatic heterocycles. The zero-order chi connectivity index (χ0) is 20.1. The van der Waals surface area contributed by atoms with Gasteiger partial charge in [-0.1, -0.05) is 19.3 Å².